The molecular weight excluding hydrogens is 359 g/mol. The van der Waals surface area contributed by atoms with E-state index in [1.807, 2.05) is 0 Å². The number of hydrogen-bond acceptors (Lipinski definition) is 5. The summed E-state index contributed by atoms with van der Waals surface area (Å²) in [4.78, 5) is 21.2. The highest BCUT2D eigenvalue weighted by molar-refractivity contribution is 6.36. The summed E-state index contributed by atoms with van der Waals surface area (Å²) < 4.78 is 22.2. The molecule has 1 aromatic carbocycles. The van der Waals surface area contributed by atoms with Crippen LogP contribution in [-0.2, 0) is 7.05 Å². The normalized spacial score (nSPS) is 23.4. The van der Waals surface area contributed by atoms with E-state index in [0.717, 1.165) is 13.0 Å². The highest BCUT2D eigenvalue weighted by atomic mass is 35.5. The molecule has 1 saturated heterocycles. The second-order valence-corrected chi connectivity index (χ2v) is 7.69. The van der Waals surface area contributed by atoms with Crippen LogP contribution in [0.1, 0.15) is 18.9 Å². The van der Waals surface area contributed by atoms with Crippen LogP contribution in [0.15, 0.2) is 4.79 Å². The minimum atomic E-state index is -0.482. The molecule has 0 amide bonds. The lowest BCUT2D eigenvalue weighted by atomic mass is 10.0. The number of aryl methyl sites for hydroxylation is 1. The van der Waals surface area contributed by atoms with Gasteiger partial charge in [-0.05, 0) is 20.9 Å². The number of benzene rings is 1. The summed E-state index contributed by atoms with van der Waals surface area (Å²) in [6.45, 7) is 5.68. The lowest BCUT2D eigenvalue weighted by Gasteiger charge is -2.45. The molecule has 0 bridgehead atoms. The molecule has 2 atom stereocenters. The smallest absolute Gasteiger partial charge is 0.349 e. The van der Waals surface area contributed by atoms with Crippen molar-refractivity contribution in [2.24, 2.45) is 7.05 Å². The Bertz CT molecular complexity index is 961. The minimum Gasteiger partial charge on any atom is -0.490 e. The lowest BCUT2D eigenvalue weighted by Crippen LogP contribution is -2.57. The van der Waals surface area contributed by atoms with Crippen LogP contribution in [0.2, 0.25) is 5.02 Å². The summed E-state index contributed by atoms with van der Waals surface area (Å²) in [5, 5.41) is 0.717. The van der Waals surface area contributed by atoms with Crippen molar-refractivity contribution in [2.75, 3.05) is 31.6 Å². The third-order valence-electron chi connectivity index (χ3n) is 5.70. The fraction of sp³-hybridized carbons (Fsp3) is 0.556. The molecule has 2 aliphatic heterocycles. The quantitative estimate of drug-likeness (QED) is 0.702. The highest BCUT2D eigenvalue weighted by Crippen LogP contribution is 2.43. The van der Waals surface area contributed by atoms with Crippen molar-refractivity contribution < 1.29 is 9.13 Å². The van der Waals surface area contributed by atoms with Gasteiger partial charge in [0.2, 0.25) is 0 Å². The van der Waals surface area contributed by atoms with Gasteiger partial charge in [0, 0.05) is 44.2 Å². The molecule has 0 aliphatic carbocycles. The van der Waals surface area contributed by atoms with Gasteiger partial charge >= 0.3 is 5.69 Å². The molecule has 26 heavy (non-hydrogen) atoms. The summed E-state index contributed by atoms with van der Waals surface area (Å²) >= 11 is 6.44. The molecule has 1 aromatic heterocycles. The Morgan fingerprint density at radius 1 is 1.31 bits per heavy atom. The number of halogens is 2. The molecule has 2 unspecified atom stereocenters. The number of aromatic nitrogens is 2. The van der Waals surface area contributed by atoms with E-state index in [9.17, 15) is 9.18 Å². The van der Waals surface area contributed by atoms with E-state index in [4.69, 9.17) is 16.3 Å². The molecule has 8 heteroatoms. The van der Waals surface area contributed by atoms with Crippen LogP contribution in [0.5, 0.6) is 5.75 Å². The van der Waals surface area contributed by atoms with Crippen molar-refractivity contribution in [3.63, 3.8) is 0 Å². The fourth-order valence-electron chi connectivity index (χ4n) is 3.94. The second kappa shape index (κ2) is 6.09. The Labute approximate surface area is 156 Å². The van der Waals surface area contributed by atoms with E-state index in [0.29, 0.717) is 35.9 Å². The second-order valence-electron chi connectivity index (χ2n) is 7.31. The topological polar surface area (TPSA) is 50.6 Å². The fourth-order valence-corrected chi connectivity index (χ4v) is 4.25. The van der Waals surface area contributed by atoms with Gasteiger partial charge < -0.3 is 9.64 Å². The molecule has 2 aliphatic rings. The zero-order chi connectivity index (χ0) is 18.7. The number of piperazine rings is 1. The van der Waals surface area contributed by atoms with E-state index in [1.165, 1.54) is 4.57 Å². The Balaban J connectivity index is 2.09. The summed E-state index contributed by atoms with van der Waals surface area (Å²) in [5.41, 5.74) is 0.352. The van der Waals surface area contributed by atoms with Crippen LogP contribution in [0.25, 0.3) is 10.9 Å². The predicted octanol–water partition coefficient (Wildman–Crippen LogP) is 2.33. The summed E-state index contributed by atoms with van der Waals surface area (Å²) in [6.07, 6.45) is 0.732. The number of hydrogen-bond donors (Lipinski definition) is 0. The van der Waals surface area contributed by atoms with Crippen LogP contribution in [0.4, 0.5) is 10.2 Å². The van der Waals surface area contributed by atoms with Crippen molar-refractivity contribution >= 4 is 28.3 Å². The molecule has 0 spiro atoms. The van der Waals surface area contributed by atoms with Gasteiger partial charge in [0.1, 0.15) is 5.82 Å². The maximum absolute atomic E-state index is 15.0. The summed E-state index contributed by atoms with van der Waals surface area (Å²) in [7, 11) is 3.69. The highest BCUT2D eigenvalue weighted by Gasteiger charge is 2.35. The number of anilines is 1. The molecule has 1 fully saturated rings. The van der Waals surface area contributed by atoms with Crippen LogP contribution in [0.3, 0.4) is 0 Å². The van der Waals surface area contributed by atoms with E-state index in [-0.39, 0.29) is 22.4 Å². The predicted molar refractivity (Wildman–Crippen MR) is 100 cm³/mol. The van der Waals surface area contributed by atoms with Gasteiger partial charge in [-0.2, -0.15) is 4.98 Å². The number of ether oxygens (including phenoxy) is 1. The van der Waals surface area contributed by atoms with Gasteiger partial charge in [0.25, 0.3) is 0 Å². The first-order valence-corrected chi connectivity index (χ1v) is 9.17. The molecular formula is C18H22ClFN4O2. The van der Waals surface area contributed by atoms with Gasteiger partial charge in [0.05, 0.1) is 22.5 Å². The third kappa shape index (κ3) is 2.41. The zero-order valence-corrected chi connectivity index (χ0v) is 16.1. The van der Waals surface area contributed by atoms with Gasteiger partial charge in [-0.3, -0.25) is 9.47 Å². The van der Waals surface area contributed by atoms with E-state index in [2.05, 4.69) is 28.8 Å². The average Bonchev–Trinajstić information content (AvgIpc) is 2.59. The summed E-state index contributed by atoms with van der Waals surface area (Å²) in [6, 6.07) is 0.442. The van der Waals surface area contributed by atoms with Crippen LogP contribution < -0.4 is 15.3 Å². The molecule has 2 aromatic rings. The van der Waals surface area contributed by atoms with Crippen LogP contribution >= 0.6 is 11.6 Å². The molecule has 6 nitrogen and oxygen atoms in total. The van der Waals surface area contributed by atoms with Crippen molar-refractivity contribution in [1.82, 2.24) is 14.5 Å². The number of fused-ring (bicyclic) bond motifs is 2. The monoisotopic (exact) mass is 380 g/mol. The number of likely N-dealkylation sites (N-methyl/N-ethyl adjacent to an activating group) is 1. The van der Waals surface area contributed by atoms with Crippen molar-refractivity contribution in [3.05, 3.63) is 26.9 Å². The molecule has 140 valence electrons. The van der Waals surface area contributed by atoms with Crippen molar-refractivity contribution in [1.29, 1.82) is 0 Å². The van der Waals surface area contributed by atoms with Gasteiger partial charge in [-0.15, -0.1) is 0 Å². The molecule has 0 radical (unpaired) electrons. The SMILES string of the molecule is Cc1c(F)c2c3c(nc(=O)n(C)c3c1Cl)N1CC(C)N(C)CC1CCO2. The summed E-state index contributed by atoms with van der Waals surface area (Å²) in [5.74, 6) is 0.137. The van der Waals surface area contributed by atoms with Crippen molar-refractivity contribution in [2.45, 2.75) is 32.4 Å². The number of nitrogens with zero attached hydrogens (tertiary/aromatic N) is 4. The Hall–Kier alpha value is -1.86. The average molecular weight is 381 g/mol. The molecule has 0 N–H and O–H groups in total. The first-order chi connectivity index (χ1) is 12.3. The maximum atomic E-state index is 15.0. The molecule has 4 rings (SSSR count). The van der Waals surface area contributed by atoms with E-state index < -0.39 is 11.5 Å². The maximum Gasteiger partial charge on any atom is 0.349 e. The largest absolute Gasteiger partial charge is 0.490 e. The lowest BCUT2D eigenvalue weighted by molar-refractivity contribution is 0.178. The first-order valence-electron chi connectivity index (χ1n) is 8.79. The number of rotatable bonds is 0. The first kappa shape index (κ1) is 17.5. The van der Waals surface area contributed by atoms with Gasteiger partial charge in [-0.25, -0.2) is 9.18 Å². The van der Waals surface area contributed by atoms with Crippen LogP contribution in [-0.4, -0.2) is 53.3 Å². The zero-order valence-electron chi connectivity index (χ0n) is 15.3. The van der Waals surface area contributed by atoms with Gasteiger partial charge in [0.15, 0.2) is 11.6 Å². The molecule has 3 heterocycles. The standard InChI is InChI=1S/C18H22ClFN4O2/c1-9-7-24-11(8-22(9)3)5-6-26-16-12-15(13(19)10(2)14(16)20)23(4)18(25)21-17(12)24/h9,11H,5-8H2,1-4H3. The minimum absolute atomic E-state index is 0.144. The van der Waals surface area contributed by atoms with E-state index >= 15 is 0 Å². The Morgan fingerprint density at radius 3 is 2.77 bits per heavy atom. The van der Waals surface area contributed by atoms with Gasteiger partial charge in [-0.1, -0.05) is 11.6 Å². The van der Waals surface area contributed by atoms with Crippen LogP contribution in [0, 0.1) is 12.7 Å². The third-order valence-corrected chi connectivity index (χ3v) is 6.16. The molecule has 0 saturated carbocycles. The van der Waals surface area contributed by atoms with Crippen molar-refractivity contribution in [3.8, 4) is 5.75 Å². The van der Waals surface area contributed by atoms with E-state index in [1.54, 1.807) is 14.0 Å². The Kier molecular flexibility index (Phi) is 4.11. The Morgan fingerprint density at radius 2 is 2.04 bits per heavy atom.